The monoisotopic (exact) mass is 421 g/mol. The number of rotatable bonds is 8. The molecule has 1 aliphatic rings. The van der Waals surface area contributed by atoms with Gasteiger partial charge in [-0.05, 0) is 69.2 Å². The summed E-state index contributed by atoms with van der Waals surface area (Å²) < 4.78 is 0. The van der Waals surface area contributed by atoms with Crippen LogP contribution in [0.15, 0.2) is 48.3 Å². The SMILES string of the molecule is CCN(CC)CCCN1C(=O)C(=O)C(=C(O)c2cc(C)ccc2C)C1c1ccncc1. The number of carbonyl (C=O) groups is 2. The van der Waals surface area contributed by atoms with Gasteiger partial charge < -0.3 is 14.9 Å². The minimum atomic E-state index is -0.636. The van der Waals surface area contributed by atoms with Crippen LogP contribution in [0, 0.1) is 13.8 Å². The van der Waals surface area contributed by atoms with Gasteiger partial charge in [-0.1, -0.05) is 31.5 Å². The lowest BCUT2D eigenvalue weighted by atomic mass is 9.93. The van der Waals surface area contributed by atoms with E-state index in [9.17, 15) is 14.7 Å². The second-order valence-electron chi connectivity index (χ2n) is 7.97. The van der Waals surface area contributed by atoms with Crippen molar-refractivity contribution in [1.82, 2.24) is 14.8 Å². The highest BCUT2D eigenvalue weighted by atomic mass is 16.3. The van der Waals surface area contributed by atoms with Gasteiger partial charge in [-0.15, -0.1) is 0 Å². The quantitative estimate of drug-likeness (QED) is 0.398. The Balaban J connectivity index is 2.04. The maximum Gasteiger partial charge on any atom is 0.295 e. The zero-order valence-corrected chi connectivity index (χ0v) is 18.8. The van der Waals surface area contributed by atoms with Crippen LogP contribution >= 0.6 is 0 Å². The first-order valence-corrected chi connectivity index (χ1v) is 10.9. The van der Waals surface area contributed by atoms with Crippen LogP contribution in [-0.4, -0.2) is 57.8 Å². The third-order valence-electron chi connectivity index (χ3n) is 5.98. The highest BCUT2D eigenvalue weighted by Gasteiger charge is 2.45. The average Bonchev–Trinajstić information content (AvgIpc) is 3.03. The summed E-state index contributed by atoms with van der Waals surface area (Å²) in [7, 11) is 0. The molecule has 0 aliphatic carbocycles. The van der Waals surface area contributed by atoms with Crippen LogP contribution in [0.5, 0.6) is 0 Å². The number of aromatic nitrogens is 1. The number of Topliss-reactive ketones (excluding diaryl/α,β-unsaturated/α-hetero) is 1. The van der Waals surface area contributed by atoms with Gasteiger partial charge >= 0.3 is 0 Å². The number of ketones is 1. The Morgan fingerprint density at radius 1 is 1.10 bits per heavy atom. The molecule has 6 heteroatoms. The fourth-order valence-electron chi connectivity index (χ4n) is 4.14. The van der Waals surface area contributed by atoms with Gasteiger partial charge in [-0.3, -0.25) is 14.6 Å². The number of likely N-dealkylation sites (tertiary alicyclic amines) is 1. The number of carbonyl (C=O) groups excluding carboxylic acids is 2. The molecule has 1 amide bonds. The van der Waals surface area contributed by atoms with E-state index in [0.717, 1.165) is 42.7 Å². The molecule has 2 aromatic rings. The highest BCUT2D eigenvalue weighted by molar-refractivity contribution is 6.46. The summed E-state index contributed by atoms with van der Waals surface area (Å²) in [5, 5.41) is 11.2. The van der Waals surface area contributed by atoms with Gasteiger partial charge in [0.2, 0.25) is 0 Å². The Morgan fingerprint density at radius 2 is 1.77 bits per heavy atom. The minimum Gasteiger partial charge on any atom is -0.507 e. The summed E-state index contributed by atoms with van der Waals surface area (Å²) in [5.41, 5.74) is 3.32. The first-order chi connectivity index (χ1) is 14.9. The summed E-state index contributed by atoms with van der Waals surface area (Å²) in [5.74, 6) is -1.32. The predicted molar refractivity (Wildman–Crippen MR) is 122 cm³/mol. The van der Waals surface area contributed by atoms with Gasteiger partial charge in [0.05, 0.1) is 11.6 Å². The zero-order chi connectivity index (χ0) is 22.5. The Kier molecular flexibility index (Phi) is 7.23. The molecule has 3 rings (SSSR count). The molecule has 1 aliphatic heterocycles. The molecule has 1 atom stereocenters. The summed E-state index contributed by atoms with van der Waals surface area (Å²) in [6.07, 6.45) is 4.03. The van der Waals surface area contributed by atoms with E-state index in [0.29, 0.717) is 12.1 Å². The Morgan fingerprint density at radius 3 is 2.42 bits per heavy atom. The molecule has 1 saturated heterocycles. The van der Waals surface area contributed by atoms with Gasteiger partial charge in [-0.2, -0.15) is 0 Å². The van der Waals surface area contributed by atoms with E-state index in [-0.39, 0.29) is 11.3 Å². The minimum absolute atomic E-state index is 0.118. The third-order valence-corrected chi connectivity index (χ3v) is 5.98. The van der Waals surface area contributed by atoms with E-state index in [1.807, 2.05) is 32.0 Å². The molecule has 0 bridgehead atoms. The van der Waals surface area contributed by atoms with Crippen molar-refractivity contribution in [3.63, 3.8) is 0 Å². The fraction of sp³-hybridized carbons (Fsp3) is 0.400. The van der Waals surface area contributed by atoms with E-state index in [2.05, 4.69) is 23.7 Å². The Labute approximate surface area is 184 Å². The van der Waals surface area contributed by atoms with Crippen molar-refractivity contribution in [1.29, 1.82) is 0 Å². The lowest BCUT2D eigenvalue weighted by Crippen LogP contribution is -2.33. The van der Waals surface area contributed by atoms with E-state index < -0.39 is 17.7 Å². The van der Waals surface area contributed by atoms with Crippen LogP contribution in [0.4, 0.5) is 0 Å². The average molecular weight is 422 g/mol. The van der Waals surface area contributed by atoms with Crippen molar-refractivity contribution in [3.8, 4) is 0 Å². The van der Waals surface area contributed by atoms with E-state index in [4.69, 9.17) is 0 Å². The first-order valence-electron chi connectivity index (χ1n) is 10.9. The maximum absolute atomic E-state index is 13.1. The molecule has 1 unspecified atom stereocenters. The van der Waals surface area contributed by atoms with Crippen LogP contribution in [-0.2, 0) is 9.59 Å². The van der Waals surface area contributed by atoms with Gasteiger partial charge in [-0.25, -0.2) is 0 Å². The lowest BCUT2D eigenvalue weighted by Gasteiger charge is -2.26. The highest BCUT2D eigenvalue weighted by Crippen LogP contribution is 2.39. The molecular weight excluding hydrogens is 390 g/mol. The second kappa shape index (κ2) is 9.88. The number of amides is 1. The summed E-state index contributed by atoms with van der Waals surface area (Å²) in [6, 6.07) is 8.68. The number of nitrogens with zero attached hydrogens (tertiary/aromatic N) is 3. The number of pyridine rings is 1. The molecule has 0 radical (unpaired) electrons. The molecule has 1 N–H and O–H groups in total. The number of aliphatic hydroxyl groups is 1. The second-order valence-corrected chi connectivity index (χ2v) is 7.97. The number of aliphatic hydroxyl groups excluding tert-OH is 1. The van der Waals surface area contributed by atoms with Crippen molar-refractivity contribution in [3.05, 3.63) is 70.6 Å². The number of hydrogen-bond acceptors (Lipinski definition) is 5. The van der Waals surface area contributed by atoms with Gasteiger partial charge in [0.25, 0.3) is 11.7 Å². The number of benzene rings is 1. The molecule has 1 aromatic heterocycles. The largest absolute Gasteiger partial charge is 0.507 e. The summed E-state index contributed by atoms with van der Waals surface area (Å²) >= 11 is 0. The molecule has 164 valence electrons. The lowest BCUT2D eigenvalue weighted by molar-refractivity contribution is -0.140. The summed E-state index contributed by atoms with van der Waals surface area (Å²) in [4.78, 5) is 34.0. The van der Waals surface area contributed by atoms with Crippen LogP contribution in [0.1, 0.15) is 48.6 Å². The van der Waals surface area contributed by atoms with E-state index in [1.54, 1.807) is 29.4 Å². The van der Waals surface area contributed by atoms with Crippen LogP contribution in [0.3, 0.4) is 0 Å². The number of aryl methyl sites for hydroxylation is 2. The molecular formula is C25H31N3O3. The van der Waals surface area contributed by atoms with Crippen molar-refractivity contribution in [2.45, 2.75) is 40.2 Å². The molecule has 1 fully saturated rings. The van der Waals surface area contributed by atoms with E-state index >= 15 is 0 Å². The van der Waals surface area contributed by atoms with Gasteiger partial charge in [0, 0.05) is 24.5 Å². The molecule has 6 nitrogen and oxygen atoms in total. The third kappa shape index (κ3) is 4.69. The Hall–Kier alpha value is -2.99. The van der Waals surface area contributed by atoms with Crippen LogP contribution in [0.25, 0.3) is 5.76 Å². The van der Waals surface area contributed by atoms with Crippen LogP contribution in [0.2, 0.25) is 0 Å². The summed E-state index contributed by atoms with van der Waals surface area (Å²) in [6.45, 7) is 11.2. The normalized spacial score (nSPS) is 18.2. The van der Waals surface area contributed by atoms with Gasteiger partial charge in [0.15, 0.2) is 0 Å². The standard InChI is InChI=1S/C25H31N3O3/c1-5-27(6-2)14-7-15-28-22(19-10-12-26-13-11-19)21(24(30)25(28)31)23(29)20-16-17(3)8-9-18(20)4/h8-13,16,22,29H,5-7,14-15H2,1-4H3. The zero-order valence-electron chi connectivity index (χ0n) is 18.8. The van der Waals surface area contributed by atoms with Crippen molar-refractivity contribution in [2.75, 3.05) is 26.2 Å². The van der Waals surface area contributed by atoms with E-state index in [1.165, 1.54) is 0 Å². The molecule has 2 heterocycles. The first kappa shape index (κ1) is 22.7. The molecule has 0 saturated carbocycles. The van der Waals surface area contributed by atoms with Crippen LogP contribution < -0.4 is 0 Å². The molecule has 0 spiro atoms. The maximum atomic E-state index is 13.1. The predicted octanol–water partition coefficient (Wildman–Crippen LogP) is 3.85. The topological polar surface area (TPSA) is 73.7 Å². The number of hydrogen-bond donors (Lipinski definition) is 1. The molecule has 1 aromatic carbocycles. The molecule has 31 heavy (non-hydrogen) atoms. The van der Waals surface area contributed by atoms with Crippen molar-refractivity contribution < 1.29 is 14.7 Å². The smallest absolute Gasteiger partial charge is 0.295 e. The van der Waals surface area contributed by atoms with Gasteiger partial charge in [0.1, 0.15) is 5.76 Å². The van der Waals surface area contributed by atoms with Crippen molar-refractivity contribution in [2.24, 2.45) is 0 Å². The fourth-order valence-corrected chi connectivity index (χ4v) is 4.14. The van der Waals surface area contributed by atoms with Crippen molar-refractivity contribution >= 4 is 17.4 Å². The Bertz CT molecular complexity index is 981.